The Morgan fingerprint density at radius 1 is 0.560 bits per heavy atom. The second-order valence-electron chi connectivity index (χ2n) is 15.8. The molecule has 1 aromatic carbocycles. The van der Waals surface area contributed by atoms with Crippen molar-refractivity contribution in [3.63, 3.8) is 0 Å². The van der Waals surface area contributed by atoms with E-state index in [0.717, 1.165) is 55.4 Å². The van der Waals surface area contributed by atoms with E-state index in [1.54, 1.807) is 54.7 Å². The number of aromatic hydroxyl groups is 2. The predicted octanol–water partition coefficient (Wildman–Crippen LogP) is 12.4. The summed E-state index contributed by atoms with van der Waals surface area (Å²) in [5, 5.41) is 20.2. The van der Waals surface area contributed by atoms with E-state index >= 15 is 0 Å². The highest BCUT2D eigenvalue weighted by Crippen LogP contribution is 2.28. The summed E-state index contributed by atoms with van der Waals surface area (Å²) in [5.41, 5.74) is 14.6. The lowest BCUT2D eigenvalue weighted by molar-refractivity contribution is -0.132. The van der Waals surface area contributed by atoms with Crippen LogP contribution in [0.25, 0.3) is 11.0 Å². The van der Waals surface area contributed by atoms with Crippen molar-refractivity contribution in [3.05, 3.63) is 169 Å². The van der Waals surface area contributed by atoms with Crippen molar-refractivity contribution in [2.45, 2.75) is 68.9 Å². The van der Waals surface area contributed by atoms with Gasteiger partial charge in [-0.05, 0) is 129 Å². The molecule has 22 heteroatoms. The van der Waals surface area contributed by atoms with Gasteiger partial charge in [0.05, 0.1) is 54.2 Å². The molecule has 0 amide bonds. The van der Waals surface area contributed by atoms with Gasteiger partial charge in [-0.2, -0.15) is 0 Å². The number of nitrogens with two attached hydrogens (primary N) is 1. The minimum Gasteiger partial charge on any atom is -0.506 e. The van der Waals surface area contributed by atoms with Gasteiger partial charge in [0.1, 0.15) is 60.4 Å². The second kappa shape index (κ2) is 32.4. The summed E-state index contributed by atoms with van der Waals surface area (Å²) in [7, 11) is 0. The van der Waals surface area contributed by atoms with E-state index in [-0.39, 0.29) is 23.4 Å². The molecule has 0 aliphatic carbocycles. The third kappa shape index (κ3) is 23.1. The first-order valence-electron chi connectivity index (χ1n) is 23.1. The maximum Gasteiger partial charge on any atom is 0.308 e. The SMILES string of the molecule is CC.CC(=O)Oc1ccc(Cl)nc1.CC(=O)Oc1ccc(Cl)nc1.Cc1c(C)c(C)c2[nH]c(CN3CCN(c4ccc(O)cn4)CC3)nc2c1C.Cc1ccc(Cl)nc1.Nc1ccc(Cl)nc1.Oc1ccc(Cl)nc1. The number of carbonyl (C=O) groups excluding carboxylic acids is 2. The van der Waals surface area contributed by atoms with Gasteiger partial charge in [0.15, 0.2) is 0 Å². The summed E-state index contributed by atoms with van der Waals surface area (Å²) in [5.74, 6) is 2.38. The number of aromatic nitrogens is 8. The van der Waals surface area contributed by atoms with Crippen LogP contribution in [0.4, 0.5) is 11.5 Å². The molecule has 398 valence electrons. The monoisotopic (exact) mass is 1120 g/mol. The second-order valence-corrected chi connectivity index (χ2v) is 17.7. The Balaban J connectivity index is 0.000000258. The smallest absolute Gasteiger partial charge is 0.308 e. The molecule has 1 aliphatic rings. The highest BCUT2D eigenvalue weighted by atomic mass is 35.5. The van der Waals surface area contributed by atoms with Gasteiger partial charge >= 0.3 is 11.9 Å². The Morgan fingerprint density at radius 2 is 1.00 bits per heavy atom. The molecular formula is C53H60Cl5N11O6. The summed E-state index contributed by atoms with van der Waals surface area (Å²) >= 11 is 27.3. The maximum absolute atomic E-state index is 10.4. The van der Waals surface area contributed by atoms with Gasteiger partial charge in [0, 0.05) is 46.2 Å². The van der Waals surface area contributed by atoms with Crippen LogP contribution >= 0.6 is 58.0 Å². The molecule has 0 radical (unpaired) electrons. The normalized spacial score (nSPS) is 11.4. The number of pyridine rings is 6. The number of rotatable bonds is 5. The number of fused-ring (bicyclic) bond motifs is 1. The number of H-pyrrole nitrogens is 1. The number of anilines is 2. The van der Waals surface area contributed by atoms with Crippen LogP contribution in [0.2, 0.25) is 25.8 Å². The molecule has 5 N–H and O–H groups in total. The van der Waals surface area contributed by atoms with Gasteiger partial charge in [-0.25, -0.2) is 34.9 Å². The number of carbonyl (C=O) groups is 2. The fourth-order valence-electron chi connectivity index (χ4n) is 6.26. The number of halogens is 5. The van der Waals surface area contributed by atoms with Crippen molar-refractivity contribution in [3.8, 4) is 23.0 Å². The van der Waals surface area contributed by atoms with Crippen LogP contribution in [0.15, 0.2) is 110 Å². The molecule has 0 atom stereocenters. The minimum absolute atomic E-state index is 0.134. The van der Waals surface area contributed by atoms with Crippen molar-refractivity contribution in [2.75, 3.05) is 36.8 Å². The van der Waals surface area contributed by atoms with Gasteiger partial charge in [-0.1, -0.05) is 77.9 Å². The van der Waals surface area contributed by atoms with Gasteiger partial charge in [0.2, 0.25) is 0 Å². The van der Waals surface area contributed by atoms with Gasteiger partial charge in [0.25, 0.3) is 0 Å². The molecule has 8 heterocycles. The number of benzene rings is 1. The van der Waals surface area contributed by atoms with Gasteiger partial charge in [-0.3, -0.25) is 14.5 Å². The number of esters is 2. The van der Waals surface area contributed by atoms with E-state index < -0.39 is 0 Å². The number of ether oxygens (including phenoxy) is 2. The zero-order valence-corrected chi connectivity index (χ0v) is 46.7. The molecule has 0 unspecified atom stereocenters. The third-order valence-electron chi connectivity index (χ3n) is 10.2. The van der Waals surface area contributed by atoms with Gasteiger partial charge < -0.3 is 35.3 Å². The van der Waals surface area contributed by atoms with Crippen molar-refractivity contribution in [1.29, 1.82) is 0 Å². The molecule has 1 fully saturated rings. The number of nitrogens with one attached hydrogen (secondary N) is 1. The summed E-state index contributed by atoms with van der Waals surface area (Å²) in [4.78, 5) is 56.9. The lowest BCUT2D eigenvalue weighted by Gasteiger charge is -2.34. The van der Waals surface area contributed by atoms with E-state index in [9.17, 15) is 14.7 Å². The number of nitrogen functional groups attached to an aromatic ring is 1. The van der Waals surface area contributed by atoms with Crippen molar-refractivity contribution >= 4 is 92.5 Å². The van der Waals surface area contributed by atoms with Gasteiger partial charge in [-0.15, -0.1) is 0 Å². The standard InChI is InChI=1S/C21H27N5O.2C7H6ClNO2.C6H6ClN.C5H5ClN2.C5H4ClNO.C2H6/c1-13-14(2)16(4)21-20(15(13)3)23-18(24-21)12-25-7-9-26(10-8-25)19-6-5-17(27)11-22-19;2*1-5(10)11-6-2-3-7(8)9-4-6;1-5-2-3-6(7)8-4-5;6-5-2-1-4(7)3-8-5;6-5-2-1-4(8)3-7-5;1-2/h5-6,11,27H,7-10,12H2,1-4H3,(H,23,24);2*2-4H,1H3;2-4H,1H3;1-3H,7H2;1-3,8H;1-2H3. The zero-order chi connectivity index (χ0) is 55.6. The quantitative estimate of drug-likeness (QED) is 0.0927. The molecule has 0 spiro atoms. The van der Waals surface area contributed by atoms with Crippen molar-refractivity contribution in [2.24, 2.45) is 0 Å². The number of hydrogen-bond donors (Lipinski definition) is 4. The molecule has 1 aliphatic heterocycles. The van der Waals surface area contributed by atoms with Crippen LogP contribution < -0.4 is 20.1 Å². The fourth-order valence-corrected chi connectivity index (χ4v) is 6.82. The van der Waals surface area contributed by atoms with Crippen LogP contribution in [0.5, 0.6) is 23.0 Å². The van der Waals surface area contributed by atoms with E-state index in [2.05, 4.69) is 72.4 Å². The maximum atomic E-state index is 10.4. The largest absolute Gasteiger partial charge is 0.506 e. The summed E-state index contributed by atoms with van der Waals surface area (Å²) in [6.07, 6.45) is 8.84. The number of aromatic amines is 1. The Hall–Kier alpha value is -6.86. The lowest BCUT2D eigenvalue weighted by Crippen LogP contribution is -2.46. The number of imidazole rings is 1. The molecule has 0 bridgehead atoms. The molecule has 9 rings (SSSR count). The van der Waals surface area contributed by atoms with Crippen LogP contribution in [-0.4, -0.2) is 93.1 Å². The first kappa shape index (κ1) is 62.4. The first-order chi connectivity index (χ1) is 35.7. The molecule has 0 saturated carbocycles. The number of hydrogen-bond acceptors (Lipinski definition) is 16. The van der Waals surface area contributed by atoms with E-state index in [1.807, 2.05) is 32.9 Å². The van der Waals surface area contributed by atoms with Crippen LogP contribution in [-0.2, 0) is 16.1 Å². The molecule has 17 nitrogen and oxygen atoms in total. The zero-order valence-electron chi connectivity index (χ0n) is 42.9. The highest BCUT2D eigenvalue weighted by Gasteiger charge is 2.20. The van der Waals surface area contributed by atoms with E-state index in [1.165, 1.54) is 84.7 Å². The Labute approximate surface area is 462 Å². The van der Waals surface area contributed by atoms with Crippen molar-refractivity contribution in [1.82, 2.24) is 44.8 Å². The molecule has 8 aromatic rings. The first-order valence-corrected chi connectivity index (χ1v) is 25.0. The van der Waals surface area contributed by atoms with E-state index in [4.69, 9.17) is 83.3 Å². The average molecular weight is 1120 g/mol. The average Bonchev–Trinajstić information content (AvgIpc) is 3.82. The molecule has 1 saturated heterocycles. The Bertz CT molecular complexity index is 2700. The summed E-state index contributed by atoms with van der Waals surface area (Å²) < 4.78 is 9.42. The Kier molecular flexibility index (Phi) is 27.0. The predicted molar refractivity (Wildman–Crippen MR) is 299 cm³/mol. The van der Waals surface area contributed by atoms with Crippen LogP contribution in [0.3, 0.4) is 0 Å². The van der Waals surface area contributed by atoms with Crippen LogP contribution in [0, 0.1) is 34.6 Å². The molecule has 7 aromatic heterocycles. The Morgan fingerprint density at radius 3 is 1.37 bits per heavy atom. The summed E-state index contributed by atoms with van der Waals surface area (Å²) in [6.45, 7) is 22.0. The fraction of sp³-hybridized carbons (Fsp3) is 0.264. The molecular weight excluding hydrogens is 1060 g/mol. The number of aryl methyl sites for hydroxylation is 3. The topological polar surface area (TPSA) is 232 Å². The van der Waals surface area contributed by atoms with Crippen molar-refractivity contribution < 1.29 is 29.3 Å². The number of piperazine rings is 1. The molecule has 75 heavy (non-hydrogen) atoms. The third-order valence-corrected chi connectivity index (χ3v) is 11.4. The number of nitrogens with zero attached hydrogens (tertiary/aromatic N) is 9. The minimum atomic E-state index is -0.367. The lowest BCUT2D eigenvalue weighted by atomic mass is 9.98. The van der Waals surface area contributed by atoms with Crippen LogP contribution in [0.1, 0.15) is 61.3 Å². The van der Waals surface area contributed by atoms with E-state index in [0.29, 0.717) is 43.0 Å². The highest BCUT2D eigenvalue weighted by molar-refractivity contribution is 6.30. The summed E-state index contributed by atoms with van der Waals surface area (Å²) in [6, 6.07) is 19.9.